The summed E-state index contributed by atoms with van der Waals surface area (Å²) in [5.74, 6) is 0.382. The normalized spacial score (nSPS) is 14.8. The van der Waals surface area contributed by atoms with Crippen LogP contribution in [0.25, 0.3) is 0 Å². The van der Waals surface area contributed by atoms with Gasteiger partial charge in [-0.2, -0.15) is 0 Å². The molecule has 1 aliphatic rings. The van der Waals surface area contributed by atoms with Crippen LogP contribution in [0.3, 0.4) is 0 Å². The molecule has 0 spiro atoms. The number of hydrogen-bond donors (Lipinski definition) is 2. The zero-order valence-corrected chi connectivity index (χ0v) is 16.5. The van der Waals surface area contributed by atoms with E-state index in [1.807, 2.05) is 53.4 Å². The van der Waals surface area contributed by atoms with Gasteiger partial charge in [-0.3, -0.25) is 4.79 Å². The second-order valence-corrected chi connectivity index (χ2v) is 7.51. The highest BCUT2D eigenvalue weighted by Crippen LogP contribution is 2.49. The molecule has 4 heteroatoms. The quantitative estimate of drug-likeness (QED) is 0.583. The highest BCUT2D eigenvalue weighted by molar-refractivity contribution is 6.01. The summed E-state index contributed by atoms with van der Waals surface area (Å²) >= 11 is 0. The van der Waals surface area contributed by atoms with E-state index in [-0.39, 0.29) is 17.4 Å². The summed E-state index contributed by atoms with van der Waals surface area (Å²) in [5.41, 5.74) is 2.65. The van der Waals surface area contributed by atoms with Gasteiger partial charge in [0.05, 0.1) is 0 Å². The first-order valence-corrected chi connectivity index (χ1v) is 10.1. The molecule has 29 heavy (non-hydrogen) atoms. The van der Waals surface area contributed by atoms with E-state index in [0.717, 1.165) is 36.0 Å². The van der Waals surface area contributed by atoms with Crippen molar-refractivity contribution in [2.24, 2.45) is 0 Å². The minimum absolute atomic E-state index is 0.0119. The average Bonchev–Trinajstić information content (AvgIpc) is 2.99. The van der Waals surface area contributed by atoms with Crippen LogP contribution in [-0.4, -0.2) is 27.6 Å². The van der Waals surface area contributed by atoms with E-state index in [9.17, 15) is 15.0 Å². The number of phenolic OH excluding ortho intramolecular Hbond substituents is 2. The molecule has 1 heterocycles. The van der Waals surface area contributed by atoms with Crippen LogP contribution >= 0.6 is 0 Å². The average molecular weight is 387 g/mol. The highest BCUT2D eigenvalue weighted by Gasteiger charge is 2.51. The minimum Gasteiger partial charge on any atom is -0.508 e. The van der Waals surface area contributed by atoms with E-state index in [2.05, 4.69) is 6.92 Å². The summed E-state index contributed by atoms with van der Waals surface area (Å²) < 4.78 is 0. The van der Waals surface area contributed by atoms with Crippen molar-refractivity contribution in [2.75, 3.05) is 6.54 Å². The Hall–Kier alpha value is -3.27. The Balaban J connectivity index is 2.00. The molecular weight excluding hydrogens is 362 g/mol. The van der Waals surface area contributed by atoms with E-state index in [1.54, 1.807) is 24.3 Å². The summed E-state index contributed by atoms with van der Waals surface area (Å²) in [4.78, 5) is 15.5. The van der Waals surface area contributed by atoms with Gasteiger partial charge >= 0.3 is 0 Å². The van der Waals surface area contributed by atoms with E-state index >= 15 is 0 Å². The van der Waals surface area contributed by atoms with Gasteiger partial charge in [-0.1, -0.05) is 62.2 Å². The maximum absolute atomic E-state index is 13.5. The fraction of sp³-hybridized carbons (Fsp3) is 0.240. The van der Waals surface area contributed by atoms with Gasteiger partial charge < -0.3 is 15.1 Å². The Morgan fingerprint density at radius 1 is 0.793 bits per heavy atom. The predicted octanol–water partition coefficient (Wildman–Crippen LogP) is 5.04. The Labute approximate surface area is 171 Å². The molecule has 1 aliphatic heterocycles. The molecule has 0 fully saturated rings. The van der Waals surface area contributed by atoms with Crippen molar-refractivity contribution in [3.63, 3.8) is 0 Å². The third-order valence-corrected chi connectivity index (χ3v) is 5.75. The fourth-order valence-electron chi connectivity index (χ4n) is 4.41. The summed E-state index contributed by atoms with van der Waals surface area (Å²) in [5, 5.41) is 19.7. The summed E-state index contributed by atoms with van der Waals surface area (Å²) in [7, 11) is 0. The molecule has 0 saturated carbocycles. The van der Waals surface area contributed by atoms with Crippen LogP contribution in [0.5, 0.6) is 11.5 Å². The Kier molecular flexibility index (Phi) is 5.01. The molecule has 0 saturated heterocycles. The molecule has 2 N–H and O–H groups in total. The van der Waals surface area contributed by atoms with Crippen LogP contribution in [0, 0.1) is 0 Å². The van der Waals surface area contributed by atoms with Gasteiger partial charge in [-0.15, -0.1) is 0 Å². The lowest BCUT2D eigenvalue weighted by molar-refractivity contribution is 0.0672. The fourth-order valence-corrected chi connectivity index (χ4v) is 4.41. The van der Waals surface area contributed by atoms with Gasteiger partial charge in [0.15, 0.2) is 0 Å². The third-order valence-electron chi connectivity index (χ3n) is 5.75. The first kappa shape index (κ1) is 19.1. The molecular formula is C25H25NO3. The molecule has 1 amide bonds. The zero-order chi connectivity index (χ0) is 20.4. The SMILES string of the molecule is CCCCCN1C(=O)c2ccccc2C1(c1ccc(O)cc1)c1ccc(O)cc1. The number of unbranched alkanes of at least 4 members (excludes halogenated alkanes) is 2. The summed E-state index contributed by atoms with van der Waals surface area (Å²) in [6.45, 7) is 2.77. The van der Waals surface area contributed by atoms with Gasteiger partial charge in [0.2, 0.25) is 0 Å². The highest BCUT2D eigenvalue weighted by atomic mass is 16.3. The molecule has 0 unspecified atom stereocenters. The number of carbonyl (C=O) groups is 1. The molecule has 0 radical (unpaired) electrons. The maximum Gasteiger partial charge on any atom is 0.255 e. The van der Waals surface area contributed by atoms with Crippen LogP contribution < -0.4 is 0 Å². The first-order chi connectivity index (χ1) is 14.1. The van der Waals surface area contributed by atoms with Crippen molar-refractivity contribution in [1.82, 2.24) is 4.90 Å². The van der Waals surface area contributed by atoms with Gasteiger partial charge in [0.1, 0.15) is 17.0 Å². The maximum atomic E-state index is 13.5. The van der Waals surface area contributed by atoms with Gasteiger partial charge in [0, 0.05) is 12.1 Å². The number of fused-ring (bicyclic) bond motifs is 1. The molecule has 0 atom stereocenters. The number of rotatable bonds is 6. The van der Waals surface area contributed by atoms with Crippen LogP contribution in [0.15, 0.2) is 72.8 Å². The second-order valence-electron chi connectivity index (χ2n) is 7.51. The largest absolute Gasteiger partial charge is 0.508 e. The van der Waals surface area contributed by atoms with Crippen LogP contribution in [-0.2, 0) is 5.54 Å². The number of hydrogen-bond acceptors (Lipinski definition) is 3. The van der Waals surface area contributed by atoms with Crippen LogP contribution in [0.4, 0.5) is 0 Å². The Morgan fingerprint density at radius 3 is 1.90 bits per heavy atom. The molecule has 0 bridgehead atoms. The van der Waals surface area contributed by atoms with E-state index in [0.29, 0.717) is 12.1 Å². The first-order valence-electron chi connectivity index (χ1n) is 10.1. The van der Waals surface area contributed by atoms with Crippen molar-refractivity contribution in [3.05, 3.63) is 95.1 Å². The zero-order valence-electron chi connectivity index (χ0n) is 16.5. The summed E-state index contributed by atoms with van der Waals surface area (Å²) in [6, 6.07) is 21.9. The molecule has 4 rings (SSSR count). The smallest absolute Gasteiger partial charge is 0.255 e. The summed E-state index contributed by atoms with van der Waals surface area (Å²) in [6.07, 6.45) is 3.02. The Morgan fingerprint density at radius 2 is 1.34 bits per heavy atom. The molecule has 4 nitrogen and oxygen atoms in total. The lowest BCUT2D eigenvalue weighted by Crippen LogP contribution is -2.46. The van der Waals surface area contributed by atoms with Crippen molar-refractivity contribution in [2.45, 2.75) is 31.7 Å². The van der Waals surface area contributed by atoms with Crippen LogP contribution in [0.2, 0.25) is 0 Å². The molecule has 148 valence electrons. The number of aromatic hydroxyl groups is 2. The van der Waals surface area contributed by atoms with Crippen LogP contribution in [0.1, 0.15) is 53.2 Å². The van der Waals surface area contributed by atoms with Gasteiger partial charge in [-0.25, -0.2) is 0 Å². The predicted molar refractivity (Wildman–Crippen MR) is 113 cm³/mol. The standard InChI is InChI=1S/C25H25NO3/c1-2-3-6-17-26-24(29)22-7-4-5-8-23(22)25(26,18-9-13-20(27)14-10-18)19-11-15-21(28)16-12-19/h4-5,7-16,27-28H,2-3,6,17H2,1H3. The lowest BCUT2D eigenvalue weighted by atomic mass is 9.77. The topological polar surface area (TPSA) is 60.8 Å². The van der Waals surface area contributed by atoms with Crippen molar-refractivity contribution < 1.29 is 15.0 Å². The van der Waals surface area contributed by atoms with Crippen molar-refractivity contribution in [3.8, 4) is 11.5 Å². The molecule has 3 aromatic carbocycles. The lowest BCUT2D eigenvalue weighted by Gasteiger charge is -2.40. The minimum atomic E-state index is -0.803. The van der Waals surface area contributed by atoms with Crippen molar-refractivity contribution >= 4 is 5.91 Å². The number of carbonyl (C=O) groups excluding carboxylic acids is 1. The number of phenols is 2. The number of amides is 1. The van der Waals surface area contributed by atoms with Gasteiger partial charge in [-0.05, 0) is 53.4 Å². The number of nitrogens with zero attached hydrogens (tertiary/aromatic N) is 1. The molecule has 0 aliphatic carbocycles. The number of benzene rings is 3. The van der Waals surface area contributed by atoms with E-state index in [1.165, 1.54) is 0 Å². The monoisotopic (exact) mass is 387 g/mol. The van der Waals surface area contributed by atoms with E-state index in [4.69, 9.17) is 0 Å². The molecule has 0 aromatic heterocycles. The van der Waals surface area contributed by atoms with Crippen molar-refractivity contribution in [1.29, 1.82) is 0 Å². The molecule has 3 aromatic rings. The van der Waals surface area contributed by atoms with E-state index < -0.39 is 5.54 Å². The van der Waals surface area contributed by atoms with Gasteiger partial charge in [0.25, 0.3) is 5.91 Å². The Bertz CT molecular complexity index is 963. The second kappa shape index (κ2) is 7.63. The third kappa shape index (κ3) is 3.05.